The van der Waals surface area contributed by atoms with Crippen LogP contribution in [-0.4, -0.2) is 29.6 Å². The Morgan fingerprint density at radius 3 is 2.71 bits per heavy atom. The van der Waals surface area contributed by atoms with Crippen molar-refractivity contribution < 1.29 is 9.53 Å². The Morgan fingerprint density at radius 2 is 1.97 bits per heavy atom. The molecule has 5 rings (SSSR count). The molecule has 3 fully saturated rings. The lowest BCUT2D eigenvalue weighted by molar-refractivity contribution is -0.127. The standard InChI is InChI=1S/C31H49NO2/c1-8-19(2)15-28-21(4)22(5)31(34-28)14-11-24-25-10-9-23-18-32(7)29(33)12-13-30(23,6)27(25)16-26(24)20(3)17-31/h18-19,21-22,24-25,27-28H,8-17H2,1-7H3/t19-,21+,22-,24+,25+,27+,28-,30+,31+/m1/s1. The van der Waals surface area contributed by atoms with Crippen LogP contribution in [0.5, 0.6) is 0 Å². The molecule has 3 heteroatoms. The van der Waals surface area contributed by atoms with Crippen molar-refractivity contribution in [1.82, 2.24) is 4.90 Å². The van der Waals surface area contributed by atoms with Gasteiger partial charge in [0.1, 0.15) is 0 Å². The van der Waals surface area contributed by atoms with E-state index in [1.165, 1.54) is 44.9 Å². The third-order valence-corrected chi connectivity index (χ3v) is 11.7. The molecule has 2 heterocycles. The maximum Gasteiger partial charge on any atom is 0.226 e. The lowest BCUT2D eigenvalue weighted by Crippen LogP contribution is -2.39. The van der Waals surface area contributed by atoms with Crippen molar-refractivity contribution in [3.63, 3.8) is 0 Å². The van der Waals surface area contributed by atoms with E-state index in [0.29, 0.717) is 30.3 Å². The third kappa shape index (κ3) is 3.75. The van der Waals surface area contributed by atoms with Gasteiger partial charge in [0.15, 0.2) is 0 Å². The Kier molecular flexibility index (Phi) is 6.36. The molecule has 9 atom stereocenters. The average Bonchev–Trinajstić information content (AvgIpc) is 3.20. The summed E-state index contributed by atoms with van der Waals surface area (Å²) in [4.78, 5) is 14.4. The van der Waals surface area contributed by atoms with Crippen LogP contribution in [0, 0.1) is 40.9 Å². The van der Waals surface area contributed by atoms with Gasteiger partial charge in [0.05, 0.1) is 11.7 Å². The number of ether oxygens (including phenoxy) is 1. The first-order valence-electron chi connectivity index (χ1n) is 14.4. The number of rotatable bonds is 3. The molecule has 0 aromatic heterocycles. The molecule has 2 saturated carbocycles. The molecular formula is C31H49NO2. The summed E-state index contributed by atoms with van der Waals surface area (Å²) in [5.74, 6) is 4.54. The zero-order valence-corrected chi connectivity index (χ0v) is 23.0. The summed E-state index contributed by atoms with van der Waals surface area (Å²) in [5.41, 5.74) is 5.22. The van der Waals surface area contributed by atoms with Crippen molar-refractivity contribution in [3.05, 3.63) is 22.9 Å². The van der Waals surface area contributed by atoms with Gasteiger partial charge in [0, 0.05) is 19.7 Å². The number of carbonyl (C=O) groups is 1. The number of carbonyl (C=O) groups excluding carboxylic acids is 1. The molecule has 0 unspecified atom stereocenters. The summed E-state index contributed by atoms with van der Waals surface area (Å²) in [6.45, 7) is 14.6. The Hall–Kier alpha value is -1.09. The number of hydrogen-bond acceptors (Lipinski definition) is 2. The van der Waals surface area contributed by atoms with E-state index in [0.717, 1.165) is 30.6 Å². The predicted molar refractivity (Wildman–Crippen MR) is 139 cm³/mol. The number of hydrogen-bond donors (Lipinski definition) is 0. The molecule has 1 saturated heterocycles. The second-order valence-corrected chi connectivity index (χ2v) is 13.3. The molecule has 0 aromatic rings. The highest BCUT2D eigenvalue weighted by atomic mass is 16.5. The van der Waals surface area contributed by atoms with E-state index in [4.69, 9.17) is 4.74 Å². The molecule has 0 bridgehead atoms. The van der Waals surface area contributed by atoms with Gasteiger partial charge in [0.25, 0.3) is 0 Å². The molecule has 1 spiro atoms. The first kappa shape index (κ1) is 24.6. The summed E-state index contributed by atoms with van der Waals surface area (Å²) in [5, 5.41) is 0. The highest BCUT2D eigenvalue weighted by molar-refractivity contribution is 5.77. The first-order valence-corrected chi connectivity index (χ1v) is 14.4. The molecule has 34 heavy (non-hydrogen) atoms. The quantitative estimate of drug-likeness (QED) is 0.402. The van der Waals surface area contributed by atoms with Crippen LogP contribution < -0.4 is 0 Å². The van der Waals surface area contributed by atoms with Crippen LogP contribution in [0.3, 0.4) is 0 Å². The second kappa shape index (κ2) is 8.79. The maximum absolute atomic E-state index is 12.5. The van der Waals surface area contributed by atoms with E-state index in [9.17, 15) is 4.79 Å². The molecule has 0 radical (unpaired) electrons. The minimum absolute atomic E-state index is 0.0511. The molecule has 0 aromatic carbocycles. The SMILES string of the molecule is CC[C@@H](C)C[C@H]1O[C@]2(CC[C@@H]3C(=C(C)C2)C[C@H]2[C@H]3CCC3=CN(C)C(=O)CC[C@@]32C)[C@H](C)[C@@H]1C. The Morgan fingerprint density at radius 1 is 1.21 bits per heavy atom. The van der Waals surface area contributed by atoms with Crippen molar-refractivity contribution in [1.29, 1.82) is 0 Å². The summed E-state index contributed by atoms with van der Waals surface area (Å²) in [7, 11) is 1.95. The smallest absolute Gasteiger partial charge is 0.226 e. The highest BCUT2D eigenvalue weighted by Gasteiger charge is 2.57. The van der Waals surface area contributed by atoms with Gasteiger partial charge in [0.2, 0.25) is 5.91 Å². The van der Waals surface area contributed by atoms with Crippen LogP contribution in [0.2, 0.25) is 0 Å². The average molecular weight is 468 g/mol. The van der Waals surface area contributed by atoms with Crippen LogP contribution in [0.25, 0.3) is 0 Å². The molecule has 5 aliphatic rings. The topological polar surface area (TPSA) is 29.5 Å². The van der Waals surface area contributed by atoms with Gasteiger partial charge in [-0.2, -0.15) is 0 Å². The summed E-state index contributed by atoms with van der Waals surface area (Å²) in [6.07, 6.45) is 14.2. The van der Waals surface area contributed by atoms with Gasteiger partial charge >= 0.3 is 0 Å². The molecule has 3 aliphatic carbocycles. The molecule has 3 nitrogen and oxygen atoms in total. The highest BCUT2D eigenvalue weighted by Crippen LogP contribution is 2.64. The van der Waals surface area contributed by atoms with Gasteiger partial charge in [-0.05, 0) is 105 Å². The summed E-state index contributed by atoms with van der Waals surface area (Å²) >= 11 is 0. The van der Waals surface area contributed by atoms with Crippen LogP contribution in [0.15, 0.2) is 22.9 Å². The Balaban J connectivity index is 1.41. The van der Waals surface area contributed by atoms with E-state index in [1.54, 1.807) is 16.7 Å². The van der Waals surface area contributed by atoms with Gasteiger partial charge in [-0.1, -0.05) is 52.2 Å². The van der Waals surface area contributed by atoms with Crippen molar-refractivity contribution in [2.24, 2.45) is 40.9 Å². The van der Waals surface area contributed by atoms with Crippen LogP contribution in [0.4, 0.5) is 0 Å². The molecule has 190 valence electrons. The van der Waals surface area contributed by atoms with E-state index in [-0.39, 0.29) is 16.9 Å². The normalized spacial score (nSPS) is 45.4. The zero-order valence-electron chi connectivity index (χ0n) is 23.0. The monoisotopic (exact) mass is 467 g/mol. The summed E-state index contributed by atoms with van der Waals surface area (Å²) in [6, 6.07) is 0. The lowest BCUT2D eigenvalue weighted by atomic mass is 9.58. The lowest BCUT2D eigenvalue weighted by Gasteiger charge is -2.46. The van der Waals surface area contributed by atoms with E-state index >= 15 is 0 Å². The van der Waals surface area contributed by atoms with Gasteiger partial charge in [-0.3, -0.25) is 4.79 Å². The van der Waals surface area contributed by atoms with Crippen LogP contribution in [-0.2, 0) is 9.53 Å². The van der Waals surface area contributed by atoms with Crippen molar-refractivity contribution in [3.8, 4) is 0 Å². The molecule has 1 amide bonds. The first-order chi connectivity index (χ1) is 16.1. The fourth-order valence-corrected chi connectivity index (χ4v) is 8.99. The maximum atomic E-state index is 12.5. The zero-order chi connectivity index (χ0) is 24.4. The number of allylic oxidation sites excluding steroid dienone is 2. The van der Waals surface area contributed by atoms with Gasteiger partial charge in [-0.15, -0.1) is 0 Å². The predicted octanol–water partition coefficient (Wildman–Crippen LogP) is 7.52. The third-order valence-electron chi connectivity index (χ3n) is 11.7. The van der Waals surface area contributed by atoms with E-state index in [1.807, 2.05) is 11.9 Å². The largest absolute Gasteiger partial charge is 0.371 e. The number of nitrogens with zero attached hydrogens (tertiary/aromatic N) is 1. The summed E-state index contributed by atoms with van der Waals surface area (Å²) < 4.78 is 7.10. The van der Waals surface area contributed by atoms with E-state index < -0.39 is 0 Å². The van der Waals surface area contributed by atoms with Crippen molar-refractivity contribution in [2.45, 2.75) is 117 Å². The van der Waals surface area contributed by atoms with Gasteiger partial charge in [-0.25, -0.2) is 0 Å². The minimum Gasteiger partial charge on any atom is -0.371 e. The van der Waals surface area contributed by atoms with Crippen LogP contribution >= 0.6 is 0 Å². The van der Waals surface area contributed by atoms with Crippen LogP contribution in [0.1, 0.15) is 106 Å². The fraction of sp³-hybridized carbons (Fsp3) is 0.839. The van der Waals surface area contributed by atoms with Gasteiger partial charge < -0.3 is 9.64 Å². The van der Waals surface area contributed by atoms with Crippen molar-refractivity contribution >= 4 is 5.91 Å². The second-order valence-electron chi connectivity index (χ2n) is 13.3. The fourth-order valence-electron chi connectivity index (χ4n) is 8.99. The van der Waals surface area contributed by atoms with E-state index in [2.05, 4.69) is 47.7 Å². The minimum atomic E-state index is 0.0511. The Labute approximate surface area is 208 Å². The Bertz CT molecular complexity index is 888. The molecule has 0 N–H and O–H groups in total. The number of amides is 1. The molecule has 2 aliphatic heterocycles. The van der Waals surface area contributed by atoms with Crippen molar-refractivity contribution in [2.75, 3.05) is 7.05 Å². The number of fused-ring (bicyclic) bond motifs is 5. The molecular weight excluding hydrogens is 418 g/mol.